The van der Waals surface area contributed by atoms with Crippen molar-refractivity contribution in [3.8, 4) is 22.3 Å². The molecule has 0 atom stereocenters. The van der Waals surface area contributed by atoms with Crippen molar-refractivity contribution in [1.29, 1.82) is 0 Å². The SMILES string of the molecule is CCc1cc(C)c(-c2ccccc2C(=O)O)c(-c2ccccc2C(=O)O)c1C. The number of hydrogen-bond donors (Lipinski definition) is 2. The monoisotopic (exact) mass is 374 g/mol. The third-order valence-corrected chi connectivity index (χ3v) is 5.13. The molecule has 0 amide bonds. The number of aryl methyl sites for hydroxylation is 2. The molecule has 3 rings (SSSR count). The van der Waals surface area contributed by atoms with Gasteiger partial charge >= 0.3 is 11.9 Å². The average Bonchev–Trinajstić information content (AvgIpc) is 2.69. The molecule has 0 bridgehead atoms. The molecule has 142 valence electrons. The molecule has 4 heteroatoms. The van der Waals surface area contributed by atoms with Crippen molar-refractivity contribution in [3.05, 3.63) is 82.4 Å². The lowest BCUT2D eigenvalue weighted by molar-refractivity contribution is 0.0686. The lowest BCUT2D eigenvalue weighted by Gasteiger charge is -2.21. The first kappa shape index (κ1) is 19.4. The summed E-state index contributed by atoms with van der Waals surface area (Å²) >= 11 is 0. The third-order valence-electron chi connectivity index (χ3n) is 5.13. The summed E-state index contributed by atoms with van der Waals surface area (Å²) in [5, 5.41) is 19.4. The van der Waals surface area contributed by atoms with E-state index in [4.69, 9.17) is 0 Å². The molecule has 0 heterocycles. The third kappa shape index (κ3) is 3.29. The normalized spacial score (nSPS) is 10.7. The van der Waals surface area contributed by atoms with Crippen LogP contribution in [-0.4, -0.2) is 22.2 Å². The van der Waals surface area contributed by atoms with E-state index < -0.39 is 11.9 Å². The van der Waals surface area contributed by atoms with Gasteiger partial charge in [-0.1, -0.05) is 49.4 Å². The Morgan fingerprint density at radius 3 is 1.71 bits per heavy atom. The van der Waals surface area contributed by atoms with Crippen molar-refractivity contribution in [2.75, 3.05) is 0 Å². The van der Waals surface area contributed by atoms with Gasteiger partial charge in [-0.2, -0.15) is 0 Å². The zero-order valence-electron chi connectivity index (χ0n) is 16.1. The van der Waals surface area contributed by atoms with Crippen LogP contribution in [-0.2, 0) is 6.42 Å². The molecule has 3 aromatic rings. The quantitative estimate of drug-likeness (QED) is 0.610. The molecule has 0 aromatic heterocycles. The number of carboxylic acid groups (broad SMARTS) is 2. The molecule has 0 aliphatic rings. The van der Waals surface area contributed by atoms with Crippen LogP contribution >= 0.6 is 0 Å². The number of rotatable bonds is 5. The van der Waals surface area contributed by atoms with E-state index in [9.17, 15) is 19.8 Å². The highest BCUT2D eigenvalue weighted by Crippen LogP contribution is 2.41. The zero-order chi connectivity index (χ0) is 20.4. The number of aromatic carboxylic acids is 2. The van der Waals surface area contributed by atoms with E-state index in [2.05, 4.69) is 13.0 Å². The van der Waals surface area contributed by atoms with Crippen molar-refractivity contribution in [1.82, 2.24) is 0 Å². The van der Waals surface area contributed by atoms with Gasteiger partial charge in [0.05, 0.1) is 11.1 Å². The maximum Gasteiger partial charge on any atom is 0.336 e. The second-order valence-electron chi connectivity index (χ2n) is 6.78. The highest BCUT2D eigenvalue weighted by molar-refractivity contribution is 6.04. The van der Waals surface area contributed by atoms with E-state index in [1.54, 1.807) is 42.5 Å². The van der Waals surface area contributed by atoms with E-state index in [0.29, 0.717) is 11.1 Å². The Morgan fingerprint density at radius 2 is 1.25 bits per heavy atom. The lowest BCUT2D eigenvalue weighted by Crippen LogP contribution is -2.06. The maximum absolute atomic E-state index is 11.9. The zero-order valence-corrected chi connectivity index (χ0v) is 16.1. The fourth-order valence-electron chi connectivity index (χ4n) is 3.81. The summed E-state index contributed by atoms with van der Waals surface area (Å²) in [6.07, 6.45) is 0.801. The van der Waals surface area contributed by atoms with Crippen LogP contribution in [0.1, 0.15) is 44.3 Å². The first-order valence-electron chi connectivity index (χ1n) is 9.15. The molecule has 28 heavy (non-hydrogen) atoms. The number of carbonyl (C=O) groups is 2. The molecular weight excluding hydrogens is 352 g/mol. The van der Waals surface area contributed by atoms with Gasteiger partial charge in [-0.15, -0.1) is 0 Å². The van der Waals surface area contributed by atoms with E-state index >= 15 is 0 Å². The van der Waals surface area contributed by atoms with Crippen molar-refractivity contribution >= 4 is 11.9 Å². The lowest BCUT2D eigenvalue weighted by atomic mass is 9.82. The molecule has 0 saturated carbocycles. The molecule has 0 saturated heterocycles. The van der Waals surface area contributed by atoms with Gasteiger partial charge in [-0.3, -0.25) is 0 Å². The Morgan fingerprint density at radius 1 is 0.786 bits per heavy atom. The van der Waals surface area contributed by atoms with E-state index in [1.807, 2.05) is 19.9 Å². The summed E-state index contributed by atoms with van der Waals surface area (Å²) in [5.41, 5.74) is 6.14. The first-order chi connectivity index (χ1) is 13.4. The molecule has 2 N–H and O–H groups in total. The first-order valence-corrected chi connectivity index (χ1v) is 9.15. The summed E-state index contributed by atoms with van der Waals surface area (Å²) in [4.78, 5) is 23.7. The van der Waals surface area contributed by atoms with E-state index in [1.165, 1.54) is 0 Å². The molecule has 4 nitrogen and oxygen atoms in total. The fraction of sp³-hybridized carbons (Fsp3) is 0.167. The predicted molar refractivity (Wildman–Crippen MR) is 110 cm³/mol. The fourth-order valence-corrected chi connectivity index (χ4v) is 3.81. The van der Waals surface area contributed by atoms with Crippen LogP contribution < -0.4 is 0 Å². The van der Waals surface area contributed by atoms with Gasteiger partial charge in [0.25, 0.3) is 0 Å². The minimum atomic E-state index is -1.01. The van der Waals surface area contributed by atoms with Gasteiger partial charge in [0, 0.05) is 0 Å². The molecule has 0 radical (unpaired) electrons. The van der Waals surface area contributed by atoms with Gasteiger partial charge in [0.15, 0.2) is 0 Å². The Balaban J connectivity index is 2.49. The highest BCUT2D eigenvalue weighted by atomic mass is 16.4. The van der Waals surface area contributed by atoms with Crippen LogP contribution in [0.3, 0.4) is 0 Å². The highest BCUT2D eigenvalue weighted by Gasteiger charge is 2.23. The minimum Gasteiger partial charge on any atom is -0.478 e. The standard InChI is InChI=1S/C24H22O4/c1-4-16-13-14(2)21(17-9-5-7-11-19(17)23(25)26)22(15(16)3)18-10-6-8-12-20(18)24(27)28/h5-13H,4H2,1-3H3,(H,25,26)(H,27,28). The van der Waals surface area contributed by atoms with E-state index in [-0.39, 0.29) is 11.1 Å². The van der Waals surface area contributed by atoms with Gasteiger partial charge < -0.3 is 10.2 Å². The second-order valence-corrected chi connectivity index (χ2v) is 6.78. The van der Waals surface area contributed by atoms with Gasteiger partial charge in [-0.05, 0) is 71.3 Å². The molecule has 3 aromatic carbocycles. The van der Waals surface area contributed by atoms with E-state index in [0.717, 1.165) is 34.2 Å². The van der Waals surface area contributed by atoms with Crippen LogP contribution in [0.4, 0.5) is 0 Å². The summed E-state index contributed by atoms with van der Waals surface area (Å²) < 4.78 is 0. The van der Waals surface area contributed by atoms with Gasteiger partial charge in [0.1, 0.15) is 0 Å². The van der Waals surface area contributed by atoms with Gasteiger partial charge in [0.2, 0.25) is 0 Å². The maximum atomic E-state index is 11.9. The second kappa shape index (κ2) is 7.69. The van der Waals surface area contributed by atoms with Crippen LogP contribution in [0, 0.1) is 13.8 Å². The largest absolute Gasteiger partial charge is 0.478 e. The van der Waals surface area contributed by atoms with Crippen LogP contribution in [0.5, 0.6) is 0 Å². The Hall–Kier alpha value is -3.40. The Bertz CT molecular complexity index is 1080. The van der Waals surface area contributed by atoms with Crippen molar-refractivity contribution in [2.45, 2.75) is 27.2 Å². The van der Waals surface area contributed by atoms with Crippen LogP contribution in [0.2, 0.25) is 0 Å². The number of benzene rings is 3. The molecule has 0 aliphatic heterocycles. The topological polar surface area (TPSA) is 74.6 Å². The van der Waals surface area contributed by atoms with Gasteiger partial charge in [-0.25, -0.2) is 9.59 Å². The van der Waals surface area contributed by atoms with Crippen molar-refractivity contribution in [2.24, 2.45) is 0 Å². The minimum absolute atomic E-state index is 0.198. The van der Waals surface area contributed by atoms with Crippen LogP contribution in [0.25, 0.3) is 22.3 Å². The smallest absolute Gasteiger partial charge is 0.336 e. The molecule has 0 unspecified atom stereocenters. The number of carboxylic acids is 2. The molecule has 0 aliphatic carbocycles. The summed E-state index contributed by atoms with van der Waals surface area (Å²) in [6, 6.07) is 15.8. The summed E-state index contributed by atoms with van der Waals surface area (Å²) in [6.45, 7) is 5.97. The average molecular weight is 374 g/mol. The van der Waals surface area contributed by atoms with Crippen molar-refractivity contribution in [3.63, 3.8) is 0 Å². The molecule has 0 spiro atoms. The summed E-state index contributed by atoms with van der Waals surface area (Å²) in [5.74, 6) is -2.02. The number of hydrogen-bond acceptors (Lipinski definition) is 2. The molecule has 0 fully saturated rings. The van der Waals surface area contributed by atoms with Crippen LogP contribution in [0.15, 0.2) is 54.6 Å². The molecular formula is C24H22O4. The Kier molecular flexibility index (Phi) is 5.32. The van der Waals surface area contributed by atoms with Crippen molar-refractivity contribution < 1.29 is 19.8 Å². The Labute approximate surface area is 164 Å². The summed E-state index contributed by atoms with van der Waals surface area (Å²) in [7, 11) is 0. The predicted octanol–water partition coefficient (Wildman–Crippen LogP) is 5.60.